The lowest BCUT2D eigenvalue weighted by atomic mass is 10.0. The largest absolute Gasteiger partial charge is 0.496 e. The van der Waals surface area contributed by atoms with Crippen molar-refractivity contribution in [2.24, 2.45) is 5.92 Å². The Labute approximate surface area is 131 Å². The van der Waals surface area contributed by atoms with Crippen molar-refractivity contribution in [3.63, 3.8) is 0 Å². The van der Waals surface area contributed by atoms with Crippen LogP contribution in [0.15, 0.2) is 12.1 Å². The van der Waals surface area contributed by atoms with Gasteiger partial charge in [-0.1, -0.05) is 26.0 Å². The first-order valence-electron chi connectivity index (χ1n) is 7.40. The third-order valence-corrected chi connectivity index (χ3v) is 3.43. The standard InChI is InChI=1S/C17H25NO4/c1-10(2)6-14(17(20)21)18-15(19)9-13-7-11(3)16(22-5)12(4)8-13/h7-8,10,14H,6,9H2,1-5H3,(H,18,19)(H,20,21)/t14-/m0/s1. The van der Waals surface area contributed by atoms with E-state index in [9.17, 15) is 9.59 Å². The first kappa shape index (κ1) is 18.0. The fourth-order valence-corrected chi connectivity index (χ4v) is 2.59. The quantitative estimate of drug-likeness (QED) is 0.811. The molecule has 22 heavy (non-hydrogen) atoms. The molecule has 0 bridgehead atoms. The summed E-state index contributed by atoms with van der Waals surface area (Å²) in [5, 5.41) is 11.8. The van der Waals surface area contributed by atoms with E-state index in [2.05, 4.69) is 5.32 Å². The van der Waals surface area contributed by atoms with Gasteiger partial charge in [0.15, 0.2) is 0 Å². The number of benzene rings is 1. The summed E-state index contributed by atoms with van der Waals surface area (Å²) in [6.45, 7) is 7.70. The van der Waals surface area contributed by atoms with Crippen LogP contribution < -0.4 is 10.1 Å². The average molecular weight is 307 g/mol. The maximum atomic E-state index is 12.1. The van der Waals surface area contributed by atoms with Gasteiger partial charge in [0.25, 0.3) is 0 Å². The van der Waals surface area contributed by atoms with Gasteiger partial charge in [0.1, 0.15) is 11.8 Å². The van der Waals surface area contributed by atoms with E-state index in [0.717, 1.165) is 22.4 Å². The fraction of sp³-hybridized carbons (Fsp3) is 0.529. The molecule has 0 aliphatic rings. The summed E-state index contributed by atoms with van der Waals surface area (Å²) >= 11 is 0. The predicted octanol–water partition coefficient (Wildman–Crippen LogP) is 2.47. The summed E-state index contributed by atoms with van der Waals surface area (Å²) in [5.41, 5.74) is 2.77. The number of ether oxygens (including phenoxy) is 1. The van der Waals surface area contributed by atoms with E-state index < -0.39 is 12.0 Å². The highest BCUT2D eigenvalue weighted by Crippen LogP contribution is 2.24. The zero-order valence-electron chi connectivity index (χ0n) is 13.9. The molecule has 0 aliphatic carbocycles. The van der Waals surface area contributed by atoms with Crippen LogP contribution in [0.5, 0.6) is 5.75 Å². The number of methoxy groups -OCH3 is 1. The Morgan fingerprint density at radius 3 is 2.18 bits per heavy atom. The number of rotatable bonds is 7. The van der Waals surface area contributed by atoms with Crippen LogP contribution in [0.4, 0.5) is 0 Å². The van der Waals surface area contributed by atoms with Crippen molar-refractivity contribution in [1.29, 1.82) is 0 Å². The number of carboxylic acid groups (broad SMARTS) is 1. The SMILES string of the molecule is COc1c(C)cc(CC(=O)N[C@@H](CC(C)C)C(=O)O)cc1C. The maximum absolute atomic E-state index is 12.1. The lowest BCUT2D eigenvalue weighted by Crippen LogP contribution is -2.42. The number of aryl methyl sites for hydroxylation is 2. The van der Waals surface area contributed by atoms with Gasteiger partial charge in [-0.3, -0.25) is 4.79 Å². The Hall–Kier alpha value is -2.04. The van der Waals surface area contributed by atoms with Gasteiger partial charge in [0.05, 0.1) is 13.5 Å². The van der Waals surface area contributed by atoms with Crippen molar-refractivity contribution in [2.75, 3.05) is 7.11 Å². The molecule has 0 unspecified atom stereocenters. The molecule has 5 nitrogen and oxygen atoms in total. The number of hydrogen-bond acceptors (Lipinski definition) is 3. The molecule has 0 aromatic heterocycles. The second-order valence-corrected chi connectivity index (χ2v) is 6.03. The Kier molecular flexibility index (Phi) is 6.40. The topological polar surface area (TPSA) is 75.6 Å². The zero-order chi connectivity index (χ0) is 16.9. The van der Waals surface area contributed by atoms with E-state index in [0.29, 0.717) is 6.42 Å². The summed E-state index contributed by atoms with van der Waals surface area (Å²) < 4.78 is 5.30. The van der Waals surface area contributed by atoms with Gasteiger partial charge in [0, 0.05) is 0 Å². The third kappa shape index (κ3) is 5.06. The molecular formula is C17H25NO4. The van der Waals surface area contributed by atoms with Crippen LogP contribution in [0.25, 0.3) is 0 Å². The highest BCUT2D eigenvalue weighted by atomic mass is 16.5. The summed E-state index contributed by atoms with van der Waals surface area (Å²) in [7, 11) is 1.62. The van der Waals surface area contributed by atoms with E-state index >= 15 is 0 Å². The van der Waals surface area contributed by atoms with Crippen LogP contribution in [0.1, 0.15) is 37.0 Å². The number of carboxylic acids is 1. The van der Waals surface area contributed by atoms with Crippen molar-refractivity contribution in [2.45, 2.75) is 46.6 Å². The molecule has 1 aromatic carbocycles. The predicted molar refractivity (Wildman–Crippen MR) is 85.2 cm³/mol. The van der Waals surface area contributed by atoms with Crippen molar-refractivity contribution in [3.8, 4) is 5.75 Å². The van der Waals surface area contributed by atoms with Crippen LogP contribution in [0.2, 0.25) is 0 Å². The Balaban J connectivity index is 2.78. The van der Waals surface area contributed by atoms with E-state index in [4.69, 9.17) is 9.84 Å². The molecule has 0 heterocycles. The molecule has 0 saturated carbocycles. The van der Waals surface area contributed by atoms with Gasteiger partial charge in [-0.15, -0.1) is 0 Å². The summed E-state index contributed by atoms with van der Waals surface area (Å²) in [5.74, 6) is -0.264. The van der Waals surface area contributed by atoms with Gasteiger partial charge in [0.2, 0.25) is 5.91 Å². The van der Waals surface area contributed by atoms with Gasteiger partial charge < -0.3 is 15.2 Å². The molecule has 1 atom stereocenters. The van der Waals surface area contributed by atoms with Gasteiger partial charge in [-0.2, -0.15) is 0 Å². The van der Waals surface area contributed by atoms with Gasteiger partial charge in [-0.25, -0.2) is 4.79 Å². The van der Waals surface area contributed by atoms with Crippen LogP contribution in [-0.4, -0.2) is 30.1 Å². The van der Waals surface area contributed by atoms with E-state index in [-0.39, 0.29) is 18.2 Å². The highest BCUT2D eigenvalue weighted by Gasteiger charge is 2.21. The van der Waals surface area contributed by atoms with Crippen molar-refractivity contribution >= 4 is 11.9 Å². The van der Waals surface area contributed by atoms with Crippen molar-refractivity contribution in [1.82, 2.24) is 5.32 Å². The first-order valence-corrected chi connectivity index (χ1v) is 7.40. The highest BCUT2D eigenvalue weighted by molar-refractivity contribution is 5.85. The molecule has 1 rings (SSSR count). The minimum absolute atomic E-state index is 0.160. The van der Waals surface area contributed by atoms with E-state index in [1.165, 1.54) is 0 Å². The molecule has 5 heteroatoms. The summed E-state index contributed by atoms with van der Waals surface area (Å²) in [4.78, 5) is 23.3. The molecule has 0 aliphatic heterocycles. The first-order chi connectivity index (χ1) is 10.2. The maximum Gasteiger partial charge on any atom is 0.326 e. The smallest absolute Gasteiger partial charge is 0.326 e. The molecule has 122 valence electrons. The van der Waals surface area contributed by atoms with E-state index in [1.807, 2.05) is 39.8 Å². The number of aliphatic carboxylic acids is 1. The molecule has 0 spiro atoms. The minimum Gasteiger partial charge on any atom is -0.496 e. The van der Waals surface area contributed by atoms with Gasteiger partial charge >= 0.3 is 5.97 Å². The number of amides is 1. The second-order valence-electron chi connectivity index (χ2n) is 6.03. The molecule has 0 fully saturated rings. The van der Waals surface area contributed by atoms with Crippen molar-refractivity contribution in [3.05, 3.63) is 28.8 Å². The summed E-state index contributed by atoms with van der Waals surface area (Å²) in [6, 6.07) is 2.95. The monoisotopic (exact) mass is 307 g/mol. The Morgan fingerprint density at radius 2 is 1.77 bits per heavy atom. The molecule has 1 amide bonds. The summed E-state index contributed by atoms with van der Waals surface area (Å²) in [6.07, 6.45) is 0.579. The average Bonchev–Trinajstić information content (AvgIpc) is 2.36. The second kappa shape index (κ2) is 7.82. The number of carbonyl (C=O) groups is 2. The van der Waals surface area contributed by atoms with Crippen LogP contribution in [0.3, 0.4) is 0 Å². The molecule has 1 aromatic rings. The van der Waals surface area contributed by atoms with E-state index in [1.54, 1.807) is 7.11 Å². The van der Waals surface area contributed by atoms with Crippen LogP contribution >= 0.6 is 0 Å². The lowest BCUT2D eigenvalue weighted by molar-refractivity contribution is -0.142. The van der Waals surface area contributed by atoms with Crippen LogP contribution in [0, 0.1) is 19.8 Å². The zero-order valence-corrected chi connectivity index (χ0v) is 13.9. The third-order valence-electron chi connectivity index (χ3n) is 3.43. The van der Waals surface area contributed by atoms with Crippen LogP contribution in [-0.2, 0) is 16.0 Å². The van der Waals surface area contributed by atoms with Crippen molar-refractivity contribution < 1.29 is 19.4 Å². The Bertz CT molecular complexity index is 529. The number of hydrogen-bond donors (Lipinski definition) is 2. The normalized spacial score (nSPS) is 12.1. The number of nitrogens with one attached hydrogen (secondary N) is 1. The molecule has 0 radical (unpaired) electrons. The minimum atomic E-state index is -0.996. The molecule has 2 N–H and O–H groups in total. The number of carbonyl (C=O) groups excluding carboxylic acids is 1. The molecular weight excluding hydrogens is 282 g/mol. The fourth-order valence-electron chi connectivity index (χ4n) is 2.59. The molecule has 0 saturated heterocycles. The Morgan fingerprint density at radius 1 is 1.23 bits per heavy atom. The van der Waals surface area contributed by atoms with Gasteiger partial charge in [-0.05, 0) is 42.9 Å². The lowest BCUT2D eigenvalue weighted by Gasteiger charge is -2.17.